The summed E-state index contributed by atoms with van der Waals surface area (Å²) >= 11 is 5.24. The Morgan fingerprint density at radius 1 is 1.03 bits per heavy atom. The topological polar surface area (TPSA) is 52.7 Å². The molecule has 0 spiro atoms. The van der Waals surface area contributed by atoms with E-state index in [9.17, 15) is 14.0 Å². The molecule has 0 saturated carbocycles. The van der Waals surface area contributed by atoms with E-state index in [0.717, 1.165) is 37.2 Å². The number of carbonyl (C=O) groups is 2. The van der Waals surface area contributed by atoms with E-state index in [2.05, 4.69) is 24.1 Å². The summed E-state index contributed by atoms with van der Waals surface area (Å²) in [6, 6.07) is 12.3. The van der Waals surface area contributed by atoms with E-state index >= 15 is 0 Å². The van der Waals surface area contributed by atoms with Gasteiger partial charge in [-0.3, -0.25) is 19.8 Å². The van der Waals surface area contributed by atoms with Crippen molar-refractivity contribution in [3.63, 3.8) is 0 Å². The number of hydrogen-bond acceptors (Lipinski definition) is 4. The van der Waals surface area contributed by atoms with Crippen molar-refractivity contribution in [3.05, 3.63) is 65.0 Å². The predicted octanol–water partition coefficient (Wildman–Crippen LogP) is 4.38. The van der Waals surface area contributed by atoms with Crippen molar-refractivity contribution in [1.29, 1.82) is 0 Å². The molecule has 1 N–H and O–H groups in total. The molecular weight excluding hydrogens is 413 g/mol. The van der Waals surface area contributed by atoms with Gasteiger partial charge in [-0.1, -0.05) is 26.0 Å². The first-order chi connectivity index (χ1) is 14.8. The summed E-state index contributed by atoms with van der Waals surface area (Å²) in [7, 11) is 0. The van der Waals surface area contributed by atoms with Gasteiger partial charge >= 0.3 is 0 Å². The highest BCUT2D eigenvalue weighted by atomic mass is 32.1. The van der Waals surface area contributed by atoms with Gasteiger partial charge in [-0.15, -0.1) is 0 Å². The maximum atomic E-state index is 14.8. The first-order valence-electron chi connectivity index (χ1n) is 10.4. The van der Waals surface area contributed by atoms with Gasteiger partial charge in [0.1, 0.15) is 11.4 Å². The monoisotopic (exact) mass is 437 g/mol. The summed E-state index contributed by atoms with van der Waals surface area (Å²) in [6.45, 7) is 5.97. The molecular formula is C24H24FN3O2S. The molecule has 0 aliphatic carbocycles. The molecule has 0 unspecified atom stereocenters. The van der Waals surface area contributed by atoms with Gasteiger partial charge < -0.3 is 4.90 Å². The van der Waals surface area contributed by atoms with Crippen LogP contribution in [0.25, 0.3) is 6.08 Å². The number of halogens is 1. The van der Waals surface area contributed by atoms with Crippen LogP contribution >= 0.6 is 12.2 Å². The van der Waals surface area contributed by atoms with Crippen molar-refractivity contribution >= 4 is 46.6 Å². The third-order valence-electron chi connectivity index (χ3n) is 5.67. The van der Waals surface area contributed by atoms with E-state index in [1.807, 2.05) is 18.2 Å². The van der Waals surface area contributed by atoms with Crippen molar-refractivity contribution in [2.24, 2.45) is 0 Å². The molecule has 0 bridgehead atoms. The number of nitrogens with zero attached hydrogens (tertiary/aromatic N) is 2. The van der Waals surface area contributed by atoms with E-state index in [0.29, 0.717) is 11.6 Å². The lowest BCUT2D eigenvalue weighted by Gasteiger charge is -2.29. The van der Waals surface area contributed by atoms with E-state index in [1.54, 1.807) is 18.2 Å². The number of nitrogens with one attached hydrogen (secondary N) is 1. The van der Waals surface area contributed by atoms with Gasteiger partial charge in [-0.25, -0.2) is 4.39 Å². The molecule has 2 aliphatic heterocycles. The standard InChI is InChI=1S/C24H24FN3O2S/c1-15(2)16-5-8-18(9-6-16)28-23(30)20(22(29)26-24(28)31)13-17-7-10-19(14-21(17)25)27-11-3-4-12-27/h5-10,13-15H,3-4,11-12H2,1-2H3,(H,26,29,31)/b20-13+. The Bertz CT molecular complexity index is 1070. The molecule has 0 atom stereocenters. The number of carbonyl (C=O) groups excluding carboxylic acids is 2. The highest BCUT2D eigenvalue weighted by molar-refractivity contribution is 7.80. The van der Waals surface area contributed by atoms with Gasteiger partial charge in [0.05, 0.1) is 5.69 Å². The second-order valence-corrected chi connectivity index (χ2v) is 8.49. The zero-order chi connectivity index (χ0) is 22.1. The van der Waals surface area contributed by atoms with Gasteiger partial charge in [0.2, 0.25) is 0 Å². The lowest BCUT2D eigenvalue weighted by Crippen LogP contribution is -2.54. The summed E-state index contributed by atoms with van der Waals surface area (Å²) in [5, 5.41) is 2.55. The third kappa shape index (κ3) is 4.23. The average Bonchev–Trinajstić information content (AvgIpc) is 3.27. The first kappa shape index (κ1) is 21.2. The second kappa shape index (κ2) is 8.59. The minimum Gasteiger partial charge on any atom is -0.371 e. The van der Waals surface area contributed by atoms with Crippen LogP contribution in [0.4, 0.5) is 15.8 Å². The molecule has 31 heavy (non-hydrogen) atoms. The third-order valence-corrected chi connectivity index (χ3v) is 5.96. The molecule has 2 aliphatic rings. The van der Waals surface area contributed by atoms with Gasteiger partial charge in [-0.05, 0) is 72.9 Å². The number of hydrogen-bond donors (Lipinski definition) is 1. The maximum absolute atomic E-state index is 14.8. The van der Waals surface area contributed by atoms with E-state index in [1.165, 1.54) is 17.0 Å². The fourth-order valence-electron chi connectivity index (χ4n) is 3.86. The lowest BCUT2D eigenvalue weighted by molar-refractivity contribution is -0.122. The van der Waals surface area contributed by atoms with Crippen LogP contribution in [0.5, 0.6) is 0 Å². The number of rotatable bonds is 4. The van der Waals surface area contributed by atoms with E-state index < -0.39 is 17.6 Å². The van der Waals surface area contributed by atoms with Crippen LogP contribution in [0.3, 0.4) is 0 Å². The van der Waals surface area contributed by atoms with Crippen molar-refractivity contribution in [2.75, 3.05) is 22.9 Å². The minimum absolute atomic E-state index is 0.00861. The summed E-state index contributed by atoms with van der Waals surface area (Å²) in [6.07, 6.45) is 3.48. The van der Waals surface area contributed by atoms with Gasteiger partial charge in [-0.2, -0.15) is 0 Å². The first-order valence-corrected chi connectivity index (χ1v) is 10.8. The highest BCUT2D eigenvalue weighted by Crippen LogP contribution is 2.27. The van der Waals surface area contributed by atoms with E-state index in [-0.39, 0.29) is 16.2 Å². The number of thiocarbonyl (C=S) groups is 1. The normalized spacial score (nSPS) is 18.3. The van der Waals surface area contributed by atoms with Gasteiger partial charge in [0.25, 0.3) is 11.8 Å². The average molecular weight is 438 g/mol. The second-order valence-electron chi connectivity index (χ2n) is 8.10. The molecule has 2 aromatic carbocycles. The lowest BCUT2D eigenvalue weighted by atomic mass is 10.0. The highest BCUT2D eigenvalue weighted by Gasteiger charge is 2.34. The van der Waals surface area contributed by atoms with Gasteiger partial charge in [0, 0.05) is 24.3 Å². The molecule has 2 amide bonds. The summed E-state index contributed by atoms with van der Waals surface area (Å²) in [4.78, 5) is 29.0. The molecule has 2 aromatic rings. The molecule has 160 valence electrons. The zero-order valence-electron chi connectivity index (χ0n) is 17.5. The van der Waals surface area contributed by atoms with Crippen LogP contribution in [0.2, 0.25) is 0 Å². The molecule has 0 radical (unpaired) electrons. The number of anilines is 2. The minimum atomic E-state index is -0.631. The molecule has 0 aromatic heterocycles. The van der Waals surface area contributed by atoms with Crippen LogP contribution in [0, 0.1) is 5.82 Å². The quantitative estimate of drug-likeness (QED) is 0.438. The Balaban J connectivity index is 1.64. The Morgan fingerprint density at radius 2 is 1.68 bits per heavy atom. The van der Waals surface area contributed by atoms with Crippen molar-refractivity contribution in [3.8, 4) is 0 Å². The molecule has 5 nitrogen and oxygen atoms in total. The summed E-state index contributed by atoms with van der Waals surface area (Å²) in [5.74, 6) is -1.33. The molecule has 2 saturated heterocycles. The van der Waals surface area contributed by atoms with Crippen LogP contribution in [0.1, 0.15) is 43.7 Å². The maximum Gasteiger partial charge on any atom is 0.270 e. The fraction of sp³-hybridized carbons (Fsp3) is 0.292. The van der Waals surface area contributed by atoms with Crippen molar-refractivity contribution in [2.45, 2.75) is 32.6 Å². The molecule has 2 heterocycles. The molecule has 7 heteroatoms. The van der Waals surface area contributed by atoms with Crippen molar-refractivity contribution in [1.82, 2.24) is 5.32 Å². The van der Waals surface area contributed by atoms with Gasteiger partial charge in [0.15, 0.2) is 5.11 Å². The zero-order valence-corrected chi connectivity index (χ0v) is 18.3. The molecule has 4 rings (SSSR count). The molecule has 2 fully saturated rings. The fourth-order valence-corrected chi connectivity index (χ4v) is 4.14. The van der Waals surface area contributed by atoms with Crippen LogP contribution in [-0.2, 0) is 9.59 Å². The SMILES string of the molecule is CC(C)c1ccc(N2C(=O)/C(=C/c3ccc(N4CCCC4)cc3F)C(=O)NC2=S)cc1. The number of amides is 2. The van der Waals surface area contributed by atoms with Crippen LogP contribution < -0.4 is 15.1 Å². The largest absolute Gasteiger partial charge is 0.371 e. The van der Waals surface area contributed by atoms with Crippen molar-refractivity contribution < 1.29 is 14.0 Å². The Morgan fingerprint density at radius 3 is 2.29 bits per heavy atom. The number of benzene rings is 2. The smallest absolute Gasteiger partial charge is 0.270 e. The van der Waals surface area contributed by atoms with Crippen LogP contribution in [-0.4, -0.2) is 30.0 Å². The summed E-state index contributed by atoms with van der Waals surface area (Å²) in [5.41, 5.74) is 2.51. The Kier molecular flexibility index (Phi) is 5.87. The summed E-state index contributed by atoms with van der Waals surface area (Å²) < 4.78 is 14.8. The Labute approximate surface area is 186 Å². The Hall–Kier alpha value is -3.06. The van der Waals surface area contributed by atoms with Crippen LogP contribution in [0.15, 0.2) is 48.0 Å². The van der Waals surface area contributed by atoms with E-state index in [4.69, 9.17) is 12.2 Å². The predicted molar refractivity (Wildman–Crippen MR) is 125 cm³/mol.